The van der Waals surface area contributed by atoms with Crippen LogP contribution in [0.3, 0.4) is 0 Å². The van der Waals surface area contributed by atoms with E-state index in [-0.39, 0.29) is 17.7 Å². The van der Waals surface area contributed by atoms with E-state index in [1.54, 1.807) is 36.4 Å². The number of hydrogen-bond donors (Lipinski definition) is 0. The van der Waals surface area contributed by atoms with E-state index < -0.39 is 30.1 Å². The number of benzene rings is 2. The van der Waals surface area contributed by atoms with Crippen LogP contribution in [0.25, 0.3) is 0 Å². The number of ether oxygens (including phenoxy) is 4. The minimum atomic E-state index is -0.608. The highest BCUT2D eigenvalue weighted by Gasteiger charge is 2.72. The van der Waals surface area contributed by atoms with E-state index in [0.29, 0.717) is 39.2 Å². The van der Waals surface area contributed by atoms with Crippen molar-refractivity contribution in [3.63, 3.8) is 0 Å². The number of nitrogens with zero attached hydrogens (tertiary/aromatic N) is 2. The van der Waals surface area contributed by atoms with Gasteiger partial charge in [0.05, 0.1) is 56.6 Å². The van der Waals surface area contributed by atoms with E-state index in [9.17, 15) is 9.59 Å². The molecule has 9 nitrogen and oxygen atoms in total. The maximum absolute atomic E-state index is 13.4. The maximum atomic E-state index is 13.4. The summed E-state index contributed by atoms with van der Waals surface area (Å²) in [5.74, 6) is -0.669. The average Bonchev–Trinajstić information content (AvgIpc) is 3.59. The molecule has 0 aromatic heterocycles. The highest BCUT2D eigenvalue weighted by molar-refractivity contribution is 6.31. The van der Waals surface area contributed by atoms with Gasteiger partial charge < -0.3 is 23.8 Å². The first kappa shape index (κ1) is 21.2. The lowest BCUT2D eigenvalue weighted by Crippen LogP contribution is -2.45. The van der Waals surface area contributed by atoms with E-state index in [2.05, 4.69) is 5.16 Å². The summed E-state index contributed by atoms with van der Waals surface area (Å²) >= 11 is 5.98. The highest BCUT2D eigenvalue weighted by Crippen LogP contribution is 2.55. The second-order valence-corrected chi connectivity index (χ2v) is 9.03. The first-order chi connectivity index (χ1) is 16.5. The Hall–Kier alpha value is -3.30. The molecule has 2 amide bonds. The molecule has 0 N–H and O–H groups in total. The predicted octanol–water partition coefficient (Wildman–Crippen LogP) is 2.67. The van der Waals surface area contributed by atoms with Crippen LogP contribution in [-0.2, 0) is 19.2 Å². The van der Waals surface area contributed by atoms with Gasteiger partial charge in [-0.1, -0.05) is 16.8 Å². The molecule has 4 aliphatic heterocycles. The summed E-state index contributed by atoms with van der Waals surface area (Å²) in [4.78, 5) is 33.8. The van der Waals surface area contributed by atoms with E-state index in [1.165, 1.54) is 26.2 Å². The Labute approximate surface area is 200 Å². The van der Waals surface area contributed by atoms with Gasteiger partial charge in [0.2, 0.25) is 17.6 Å². The Morgan fingerprint density at radius 2 is 1.47 bits per heavy atom. The zero-order valence-electron chi connectivity index (χ0n) is 18.6. The molecule has 4 heterocycles. The number of rotatable bonds is 5. The third-order valence-corrected chi connectivity index (χ3v) is 7.34. The Bertz CT molecular complexity index is 1210. The molecule has 2 aromatic rings. The minimum absolute atomic E-state index is 0.278. The molecule has 6 atom stereocenters. The summed E-state index contributed by atoms with van der Waals surface area (Å²) in [5.41, 5.74) is 1.83. The van der Waals surface area contributed by atoms with Gasteiger partial charge in [0.15, 0.2) is 17.6 Å². The Morgan fingerprint density at radius 1 is 0.853 bits per heavy atom. The first-order valence-electron chi connectivity index (χ1n) is 10.8. The number of fused-ring (bicyclic) bond motifs is 8. The van der Waals surface area contributed by atoms with Crippen LogP contribution in [0, 0.1) is 17.8 Å². The summed E-state index contributed by atoms with van der Waals surface area (Å²) in [7, 11) is 4.61. The number of carbonyl (C=O) groups excluding carboxylic acids is 2. The lowest BCUT2D eigenvalue weighted by molar-refractivity contribution is -0.125. The quantitative estimate of drug-likeness (QED) is 0.602. The lowest BCUT2D eigenvalue weighted by atomic mass is 9.71. The van der Waals surface area contributed by atoms with Crippen molar-refractivity contribution in [3.05, 3.63) is 47.0 Å². The fraction of sp³-hybridized carbons (Fsp3) is 0.375. The monoisotopic (exact) mass is 484 g/mol. The number of methoxy groups -OCH3 is 3. The minimum Gasteiger partial charge on any atom is -0.493 e. The first-order valence-corrected chi connectivity index (χ1v) is 11.2. The van der Waals surface area contributed by atoms with Gasteiger partial charge in [-0.3, -0.25) is 9.59 Å². The van der Waals surface area contributed by atoms with E-state index in [4.69, 9.17) is 35.4 Å². The van der Waals surface area contributed by atoms with E-state index >= 15 is 0 Å². The molecular weight excluding hydrogens is 464 g/mol. The third kappa shape index (κ3) is 2.74. The normalized spacial score (nSPS) is 30.7. The Balaban J connectivity index is 1.35. The highest BCUT2D eigenvalue weighted by atomic mass is 35.5. The van der Waals surface area contributed by atoms with Crippen molar-refractivity contribution >= 4 is 34.8 Å². The third-order valence-electron chi connectivity index (χ3n) is 7.09. The Kier molecular flexibility index (Phi) is 4.76. The van der Waals surface area contributed by atoms with Crippen molar-refractivity contribution in [2.24, 2.45) is 22.9 Å². The fourth-order valence-electron chi connectivity index (χ4n) is 5.67. The van der Waals surface area contributed by atoms with Gasteiger partial charge >= 0.3 is 0 Å². The van der Waals surface area contributed by atoms with Gasteiger partial charge in [-0.05, 0) is 36.4 Å². The molecular formula is C24H21ClN2O7. The van der Waals surface area contributed by atoms with Crippen molar-refractivity contribution < 1.29 is 33.4 Å². The fourth-order valence-corrected chi connectivity index (χ4v) is 5.80. The summed E-state index contributed by atoms with van der Waals surface area (Å²) in [6, 6.07) is 10.2. The maximum Gasteiger partial charge on any atom is 0.240 e. The number of amides is 2. The lowest BCUT2D eigenvalue weighted by Gasteiger charge is -2.26. The zero-order chi connectivity index (χ0) is 23.7. The average molecular weight is 485 g/mol. The van der Waals surface area contributed by atoms with Crippen LogP contribution >= 0.6 is 11.6 Å². The van der Waals surface area contributed by atoms with Crippen LogP contribution in [0.4, 0.5) is 5.69 Å². The molecule has 2 bridgehead atoms. The van der Waals surface area contributed by atoms with Crippen molar-refractivity contribution in [2.75, 3.05) is 26.2 Å². The van der Waals surface area contributed by atoms with Crippen LogP contribution in [0.2, 0.25) is 5.02 Å². The molecule has 10 heteroatoms. The van der Waals surface area contributed by atoms with Crippen molar-refractivity contribution in [1.82, 2.24) is 0 Å². The number of anilines is 1. The summed E-state index contributed by atoms with van der Waals surface area (Å²) in [6.45, 7) is 0. The number of halogens is 1. The molecule has 176 valence electrons. The number of hydrogen-bond acceptors (Lipinski definition) is 8. The van der Waals surface area contributed by atoms with Crippen LogP contribution in [-0.4, -0.2) is 57.2 Å². The largest absolute Gasteiger partial charge is 0.493 e. The van der Waals surface area contributed by atoms with Crippen LogP contribution in [0.15, 0.2) is 41.6 Å². The topological polar surface area (TPSA) is 95.9 Å². The SMILES string of the molecule is COc1cc(C2=NO[C@H]3[C@H]4O[C@@H]([C@@H]23)[C@@H]2C(=O)N(c3ccc(Cl)cc3)C(=O)[C@H]42)cc(OC)c1OC. The van der Waals surface area contributed by atoms with Gasteiger partial charge in [-0.15, -0.1) is 0 Å². The molecule has 0 aliphatic carbocycles. The van der Waals surface area contributed by atoms with Crippen LogP contribution < -0.4 is 19.1 Å². The standard InChI is InChI=1S/C24H21ClN2O7/c1-30-13-8-10(9-14(31-2)19(13)32-3)18-17-20-15-16(21(33-20)22(17)34-26-18)24(29)27(23(15)28)12-6-4-11(25)5-7-12/h4-9,15-17,20-22H,1-3H3/t15-,16+,17-,20-,21+,22-/m1/s1. The molecule has 2 aromatic carbocycles. The van der Waals surface area contributed by atoms with E-state index in [1.807, 2.05) is 0 Å². The van der Waals surface area contributed by atoms with Gasteiger partial charge in [-0.25, -0.2) is 4.90 Å². The van der Waals surface area contributed by atoms with Crippen LogP contribution in [0.5, 0.6) is 17.2 Å². The van der Waals surface area contributed by atoms with Gasteiger partial charge in [0.25, 0.3) is 0 Å². The summed E-state index contributed by atoms with van der Waals surface area (Å²) < 4.78 is 22.5. The predicted molar refractivity (Wildman–Crippen MR) is 121 cm³/mol. The Morgan fingerprint density at radius 3 is 2.06 bits per heavy atom. The number of carbonyl (C=O) groups is 2. The van der Waals surface area contributed by atoms with E-state index in [0.717, 1.165) is 0 Å². The molecule has 4 aliphatic rings. The molecule has 0 unspecified atom stereocenters. The van der Waals surface area contributed by atoms with Gasteiger partial charge in [-0.2, -0.15) is 0 Å². The van der Waals surface area contributed by atoms with Crippen molar-refractivity contribution in [3.8, 4) is 17.2 Å². The second-order valence-electron chi connectivity index (χ2n) is 8.59. The van der Waals surface area contributed by atoms with Gasteiger partial charge in [0, 0.05) is 10.6 Å². The second kappa shape index (κ2) is 7.61. The van der Waals surface area contributed by atoms with Gasteiger partial charge in [0.1, 0.15) is 6.10 Å². The molecule has 6 rings (SSSR count). The van der Waals surface area contributed by atoms with Crippen molar-refractivity contribution in [2.45, 2.75) is 18.3 Å². The summed E-state index contributed by atoms with van der Waals surface area (Å²) in [5, 5.41) is 4.86. The van der Waals surface area contributed by atoms with Crippen molar-refractivity contribution in [1.29, 1.82) is 0 Å². The molecule has 0 radical (unpaired) electrons. The zero-order valence-corrected chi connectivity index (χ0v) is 19.3. The molecule has 34 heavy (non-hydrogen) atoms. The molecule has 0 spiro atoms. The molecule has 3 saturated heterocycles. The smallest absolute Gasteiger partial charge is 0.240 e. The number of oxime groups is 1. The van der Waals surface area contributed by atoms with Crippen LogP contribution in [0.1, 0.15) is 5.56 Å². The molecule has 3 fully saturated rings. The summed E-state index contributed by atoms with van der Waals surface area (Å²) in [6.07, 6.45) is -1.55. The number of imide groups is 1. The molecule has 0 saturated carbocycles.